The predicted octanol–water partition coefficient (Wildman–Crippen LogP) is 2.96. The maximum Gasteiger partial charge on any atom is 0.318 e. The number of nitrogens with zero attached hydrogens (tertiary/aromatic N) is 3. The molecule has 8 nitrogen and oxygen atoms in total. The molecule has 0 radical (unpaired) electrons. The molecular weight excluding hydrogens is 382 g/mol. The molecular formula is C19H24ClN5O3. The van der Waals surface area contributed by atoms with Crippen molar-refractivity contribution in [3.05, 3.63) is 29.0 Å². The zero-order chi connectivity index (χ0) is 19.7. The Balaban J connectivity index is 1.44. The highest BCUT2D eigenvalue weighted by Gasteiger charge is 2.39. The van der Waals surface area contributed by atoms with Gasteiger partial charge >= 0.3 is 12.1 Å². The third-order valence-corrected chi connectivity index (χ3v) is 5.61. The van der Waals surface area contributed by atoms with Crippen LogP contribution in [0.2, 0.25) is 5.02 Å². The predicted molar refractivity (Wildman–Crippen MR) is 105 cm³/mol. The largest absolute Gasteiger partial charge is 0.358 e. The molecule has 2 aromatic rings. The average molecular weight is 406 g/mol. The molecule has 1 atom stereocenters. The van der Waals surface area contributed by atoms with E-state index in [9.17, 15) is 9.59 Å². The second kappa shape index (κ2) is 7.87. The molecule has 150 valence electrons. The molecule has 9 heteroatoms. The normalized spacial score (nSPS) is 19.5. The number of nitrogens with one attached hydrogen (secondary N) is 2. The van der Waals surface area contributed by atoms with E-state index in [4.69, 9.17) is 16.1 Å². The van der Waals surface area contributed by atoms with Crippen molar-refractivity contribution in [2.45, 2.75) is 44.3 Å². The van der Waals surface area contributed by atoms with E-state index in [1.807, 2.05) is 4.90 Å². The van der Waals surface area contributed by atoms with Crippen molar-refractivity contribution < 1.29 is 14.1 Å². The van der Waals surface area contributed by atoms with Crippen LogP contribution in [0.25, 0.3) is 10.9 Å². The van der Waals surface area contributed by atoms with Gasteiger partial charge in [-0.05, 0) is 43.9 Å². The fraction of sp³-hybridized carbons (Fsp3) is 0.526. The molecule has 4 rings (SSSR count). The van der Waals surface area contributed by atoms with Crippen LogP contribution in [0.1, 0.15) is 31.4 Å². The van der Waals surface area contributed by atoms with Crippen molar-refractivity contribution in [1.82, 2.24) is 25.6 Å². The molecule has 1 aliphatic heterocycles. The summed E-state index contributed by atoms with van der Waals surface area (Å²) in [6, 6.07) is 5.39. The monoisotopic (exact) mass is 405 g/mol. The Morgan fingerprint density at radius 1 is 1.32 bits per heavy atom. The quantitative estimate of drug-likeness (QED) is 0.818. The lowest BCUT2D eigenvalue weighted by molar-refractivity contribution is 0.115. The van der Waals surface area contributed by atoms with Gasteiger partial charge in [-0.2, -0.15) is 0 Å². The summed E-state index contributed by atoms with van der Waals surface area (Å²) in [5.41, 5.74) is 0.709. The Morgan fingerprint density at radius 3 is 2.89 bits per heavy atom. The van der Waals surface area contributed by atoms with E-state index in [1.165, 1.54) is 0 Å². The molecule has 0 spiro atoms. The van der Waals surface area contributed by atoms with Gasteiger partial charge in [-0.1, -0.05) is 16.8 Å². The Bertz CT molecular complexity index is 882. The van der Waals surface area contributed by atoms with Gasteiger partial charge in [-0.25, -0.2) is 9.59 Å². The number of benzene rings is 1. The van der Waals surface area contributed by atoms with Crippen molar-refractivity contribution in [3.63, 3.8) is 0 Å². The third-order valence-electron chi connectivity index (χ3n) is 5.38. The summed E-state index contributed by atoms with van der Waals surface area (Å²) in [6.07, 6.45) is 3.80. The van der Waals surface area contributed by atoms with Crippen LogP contribution in [0.15, 0.2) is 22.7 Å². The van der Waals surface area contributed by atoms with Crippen LogP contribution in [0.4, 0.5) is 9.59 Å². The van der Waals surface area contributed by atoms with Crippen molar-refractivity contribution in [2.75, 3.05) is 20.1 Å². The summed E-state index contributed by atoms with van der Waals surface area (Å²) in [5, 5.41) is 11.0. The fourth-order valence-corrected chi connectivity index (χ4v) is 4.02. The number of carbonyl (C=O) groups excluding carboxylic acids is 2. The standard InChI is InChI=1S/C19H24ClN5O3/c1-21-18(26)24-8-2-3-14(11-24)25(13-5-6-13)19(27)22-10-17-15-9-12(20)4-7-16(15)23-28-17/h4,7,9,13-14H,2-3,5-6,8,10-11H2,1H3,(H,21,26)(H,22,27)/t14-/m1/s1. The van der Waals surface area contributed by atoms with Gasteiger partial charge in [0.2, 0.25) is 0 Å². The van der Waals surface area contributed by atoms with Gasteiger partial charge in [0.25, 0.3) is 0 Å². The van der Waals surface area contributed by atoms with Gasteiger partial charge in [0, 0.05) is 36.6 Å². The first-order chi connectivity index (χ1) is 13.6. The van der Waals surface area contributed by atoms with Crippen LogP contribution >= 0.6 is 11.6 Å². The number of hydrogen-bond donors (Lipinski definition) is 2. The second-order valence-electron chi connectivity index (χ2n) is 7.36. The topological polar surface area (TPSA) is 90.7 Å². The Morgan fingerprint density at radius 2 is 2.14 bits per heavy atom. The van der Waals surface area contributed by atoms with Crippen LogP contribution in [-0.2, 0) is 6.54 Å². The smallest absolute Gasteiger partial charge is 0.318 e. The van der Waals surface area contributed by atoms with Crippen molar-refractivity contribution in [3.8, 4) is 0 Å². The SMILES string of the molecule is CNC(=O)N1CCC[C@@H](N(C(=O)NCc2onc3ccc(Cl)cc23)C2CC2)C1. The van der Waals surface area contributed by atoms with Crippen molar-refractivity contribution in [2.24, 2.45) is 0 Å². The third kappa shape index (κ3) is 3.87. The van der Waals surface area contributed by atoms with E-state index >= 15 is 0 Å². The minimum atomic E-state index is -0.127. The maximum atomic E-state index is 13.0. The molecule has 4 amide bonds. The molecule has 28 heavy (non-hydrogen) atoms. The molecule has 2 fully saturated rings. The summed E-state index contributed by atoms with van der Waals surface area (Å²) in [4.78, 5) is 28.7. The number of rotatable bonds is 4. The van der Waals surface area contributed by atoms with E-state index in [2.05, 4.69) is 15.8 Å². The number of hydrogen-bond acceptors (Lipinski definition) is 4. The molecule has 1 aromatic heterocycles. The number of amides is 4. The molecule has 1 aliphatic carbocycles. The molecule has 0 bridgehead atoms. The molecule has 1 saturated carbocycles. The van der Waals surface area contributed by atoms with Gasteiger partial charge < -0.3 is 25.0 Å². The Kier molecular flexibility index (Phi) is 5.30. The van der Waals surface area contributed by atoms with Crippen molar-refractivity contribution in [1.29, 1.82) is 0 Å². The summed E-state index contributed by atoms with van der Waals surface area (Å²) in [5.74, 6) is 0.581. The van der Waals surface area contributed by atoms with Gasteiger partial charge in [0.05, 0.1) is 12.6 Å². The Labute approximate surface area is 168 Å². The summed E-state index contributed by atoms with van der Waals surface area (Å²) < 4.78 is 5.38. The molecule has 1 aromatic carbocycles. The van der Waals surface area contributed by atoms with Crippen LogP contribution in [0.3, 0.4) is 0 Å². The Hall–Kier alpha value is -2.48. The number of halogens is 1. The van der Waals surface area contributed by atoms with Crippen LogP contribution in [0.5, 0.6) is 0 Å². The van der Waals surface area contributed by atoms with E-state index in [0.717, 1.165) is 37.6 Å². The zero-order valence-electron chi connectivity index (χ0n) is 15.8. The van der Waals surface area contributed by atoms with Gasteiger partial charge in [-0.15, -0.1) is 0 Å². The summed E-state index contributed by atoms with van der Waals surface area (Å²) >= 11 is 6.06. The van der Waals surface area contributed by atoms with Gasteiger partial charge in [0.15, 0.2) is 5.76 Å². The lowest BCUT2D eigenvalue weighted by atomic mass is 10.0. The van der Waals surface area contributed by atoms with E-state index in [-0.39, 0.29) is 30.7 Å². The van der Waals surface area contributed by atoms with E-state index < -0.39 is 0 Å². The number of aromatic nitrogens is 1. The van der Waals surface area contributed by atoms with Crippen LogP contribution in [0, 0.1) is 0 Å². The summed E-state index contributed by atoms with van der Waals surface area (Å²) in [7, 11) is 1.63. The first kappa shape index (κ1) is 18.9. The zero-order valence-corrected chi connectivity index (χ0v) is 16.5. The fourth-order valence-electron chi connectivity index (χ4n) is 3.85. The highest BCUT2D eigenvalue weighted by molar-refractivity contribution is 6.31. The molecule has 2 N–H and O–H groups in total. The molecule has 0 unspecified atom stereocenters. The highest BCUT2D eigenvalue weighted by atomic mass is 35.5. The molecule has 1 saturated heterocycles. The number of piperidine rings is 1. The van der Waals surface area contributed by atoms with E-state index in [0.29, 0.717) is 22.8 Å². The maximum absolute atomic E-state index is 13.0. The van der Waals surface area contributed by atoms with Gasteiger partial charge in [-0.3, -0.25) is 0 Å². The minimum absolute atomic E-state index is 0.0273. The molecule has 2 heterocycles. The average Bonchev–Trinajstić information content (AvgIpc) is 3.46. The number of likely N-dealkylation sites (tertiary alicyclic amines) is 1. The summed E-state index contributed by atoms with van der Waals surface area (Å²) in [6.45, 7) is 1.52. The van der Waals surface area contributed by atoms with Crippen LogP contribution in [-0.4, -0.2) is 59.2 Å². The first-order valence-corrected chi connectivity index (χ1v) is 10.0. The lowest BCUT2D eigenvalue weighted by Gasteiger charge is -2.39. The minimum Gasteiger partial charge on any atom is -0.358 e. The van der Waals surface area contributed by atoms with Crippen molar-refractivity contribution >= 4 is 34.6 Å². The lowest BCUT2D eigenvalue weighted by Crippen LogP contribution is -2.56. The first-order valence-electron chi connectivity index (χ1n) is 9.63. The number of fused-ring (bicyclic) bond motifs is 1. The van der Waals surface area contributed by atoms with Crippen LogP contribution < -0.4 is 10.6 Å². The highest BCUT2D eigenvalue weighted by Crippen LogP contribution is 2.31. The second-order valence-corrected chi connectivity index (χ2v) is 7.80. The number of urea groups is 2. The molecule has 2 aliphatic rings. The van der Waals surface area contributed by atoms with Gasteiger partial charge in [0.1, 0.15) is 5.52 Å². The number of carbonyl (C=O) groups is 2. The van der Waals surface area contributed by atoms with E-state index in [1.54, 1.807) is 30.1 Å².